The lowest BCUT2D eigenvalue weighted by Gasteiger charge is -2.40. The van der Waals surface area contributed by atoms with E-state index in [0.29, 0.717) is 12.1 Å². The van der Waals surface area contributed by atoms with Gasteiger partial charge >= 0.3 is 0 Å². The molecule has 1 aromatic rings. The van der Waals surface area contributed by atoms with E-state index in [1.165, 1.54) is 24.0 Å². The molecule has 0 spiro atoms. The lowest BCUT2D eigenvalue weighted by molar-refractivity contribution is 0.0804. The highest BCUT2D eigenvalue weighted by atomic mass is 16.5. The van der Waals surface area contributed by atoms with Crippen molar-refractivity contribution in [1.29, 1.82) is 0 Å². The van der Waals surface area contributed by atoms with E-state index < -0.39 is 0 Å². The highest BCUT2D eigenvalue weighted by Crippen LogP contribution is 2.32. The Kier molecular flexibility index (Phi) is 6.02. The third-order valence-electron chi connectivity index (χ3n) is 4.40. The smallest absolute Gasteiger partial charge is 0.0593 e. The lowest BCUT2D eigenvalue weighted by Crippen LogP contribution is -2.47. The molecular weight excluding hydrogens is 248 g/mol. The summed E-state index contributed by atoms with van der Waals surface area (Å²) in [7, 11) is 2.08. The molecule has 20 heavy (non-hydrogen) atoms. The van der Waals surface area contributed by atoms with Crippen LogP contribution in [0, 0.1) is 0 Å². The minimum Gasteiger partial charge on any atom is -0.380 e. The summed E-state index contributed by atoms with van der Waals surface area (Å²) >= 11 is 0. The van der Waals surface area contributed by atoms with Crippen molar-refractivity contribution in [2.24, 2.45) is 0 Å². The van der Waals surface area contributed by atoms with Crippen LogP contribution in [0.2, 0.25) is 0 Å². The van der Waals surface area contributed by atoms with Crippen molar-refractivity contribution < 1.29 is 4.74 Å². The number of hydrogen-bond donors (Lipinski definition) is 1. The topological polar surface area (TPSA) is 24.5 Å². The van der Waals surface area contributed by atoms with Crippen LogP contribution >= 0.6 is 0 Å². The van der Waals surface area contributed by atoms with Gasteiger partial charge in [0.15, 0.2) is 0 Å². The third kappa shape index (κ3) is 3.40. The van der Waals surface area contributed by atoms with Crippen molar-refractivity contribution in [3.63, 3.8) is 0 Å². The molecule has 3 nitrogen and oxygen atoms in total. The van der Waals surface area contributed by atoms with Crippen LogP contribution in [0.25, 0.3) is 0 Å². The van der Waals surface area contributed by atoms with Crippen LogP contribution < -0.4 is 5.32 Å². The Hall–Kier alpha value is -0.900. The Labute approximate surface area is 123 Å². The first-order valence-electron chi connectivity index (χ1n) is 7.88. The van der Waals surface area contributed by atoms with Gasteiger partial charge in [-0.15, -0.1) is 0 Å². The molecule has 0 aromatic heterocycles. The van der Waals surface area contributed by atoms with Gasteiger partial charge in [-0.25, -0.2) is 0 Å². The van der Waals surface area contributed by atoms with E-state index in [1.54, 1.807) is 0 Å². The van der Waals surface area contributed by atoms with Gasteiger partial charge in [0.05, 0.1) is 6.61 Å². The number of benzene rings is 1. The second kappa shape index (κ2) is 7.77. The molecule has 2 rings (SSSR count). The Balaban J connectivity index is 2.11. The predicted molar refractivity (Wildman–Crippen MR) is 84.1 cm³/mol. The fourth-order valence-corrected chi connectivity index (χ4v) is 3.37. The fraction of sp³-hybridized carbons (Fsp3) is 0.647. The predicted octanol–water partition coefficient (Wildman–Crippen LogP) is 2.62. The number of ether oxygens (including phenoxy) is 1. The first kappa shape index (κ1) is 15.5. The largest absolute Gasteiger partial charge is 0.380 e. The molecule has 0 radical (unpaired) electrons. The number of nitrogens with one attached hydrogen (secondary N) is 1. The Bertz CT molecular complexity index is 408. The molecule has 1 aliphatic carbocycles. The normalized spacial score (nSPS) is 22.0. The third-order valence-corrected chi connectivity index (χ3v) is 4.40. The van der Waals surface area contributed by atoms with Gasteiger partial charge in [-0.1, -0.05) is 31.2 Å². The van der Waals surface area contributed by atoms with E-state index in [9.17, 15) is 0 Å². The van der Waals surface area contributed by atoms with E-state index in [2.05, 4.69) is 55.4 Å². The van der Waals surface area contributed by atoms with Crippen molar-refractivity contribution in [3.8, 4) is 0 Å². The second-order valence-corrected chi connectivity index (χ2v) is 5.40. The maximum absolute atomic E-state index is 5.53. The van der Waals surface area contributed by atoms with Crippen molar-refractivity contribution >= 4 is 0 Å². The van der Waals surface area contributed by atoms with Gasteiger partial charge in [0.2, 0.25) is 0 Å². The van der Waals surface area contributed by atoms with Gasteiger partial charge in [0, 0.05) is 25.2 Å². The average molecular weight is 276 g/mol. The van der Waals surface area contributed by atoms with E-state index in [1.807, 2.05) is 0 Å². The summed E-state index contributed by atoms with van der Waals surface area (Å²) in [4.78, 5) is 2.56. The maximum Gasteiger partial charge on any atom is 0.0593 e. The summed E-state index contributed by atoms with van der Waals surface area (Å²) in [5, 5.41) is 3.53. The first-order valence-corrected chi connectivity index (χ1v) is 7.88. The maximum atomic E-state index is 5.53. The number of rotatable bonds is 7. The molecule has 1 N–H and O–H groups in total. The molecule has 0 amide bonds. The molecule has 0 fully saturated rings. The highest BCUT2D eigenvalue weighted by molar-refractivity contribution is 5.33. The number of aryl methyl sites for hydroxylation is 1. The molecule has 0 heterocycles. The fourth-order valence-electron chi connectivity index (χ4n) is 3.37. The van der Waals surface area contributed by atoms with Crippen molar-refractivity contribution in [3.05, 3.63) is 35.4 Å². The van der Waals surface area contributed by atoms with Gasteiger partial charge < -0.3 is 10.1 Å². The summed E-state index contributed by atoms with van der Waals surface area (Å²) in [5.74, 6) is 0. The molecule has 3 heteroatoms. The van der Waals surface area contributed by atoms with E-state index in [0.717, 1.165) is 26.3 Å². The molecule has 112 valence electrons. The SMILES string of the molecule is CCOCCN(CC)C1CCc2ccccc2C1NC. The Morgan fingerprint density at radius 1 is 1.30 bits per heavy atom. The summed E-state index contributed by atoms with van der Waals surface area (Å²) < 4.78 is 5.53. The van der Waals surface area contributed by atoms with E-state index in [-0.39, 0.29) is 0 Å². The summed E-state index contributed by atoms with van der Waals surface area (Å²) in [6.45, 7) is 8.05. The number of nitrogens with zero attached hydrogens (tertiary/aromatic N) is 1. The van der Waals surface area contributed by atoms with Crippen LogP contribution in [0.15, 0.2) is 24.3 Å². The second-order valence-electron chi connectivity index (χ2n) is 5.40. The zero-order valence-corrected chi connectivity index (χ0v) is 13.1. The number of fused-ring (bicyclic) bond motifs is 1. The van der Waals surface area contributed by atoms with Crippen LogP contribution in [0.4, 0.5) is 0 Å². The van der Waals surface area contributed by atoms with Crippen molar-refractivity contribution in [2.75, 3.05) is 33.4 Å². The van der Waals surface area contributed by atoms with Crippen LogP contribution in [0.1, 0.15) is 37.4 Å². The van der Waals surface area contributed by atoms with Crippen molar-refractivity contribution in [1.82, 2.24) is 10.2 Å². The van der Waals surface area contributed by atoms with Gasteiger partial charge in [-0.2, -0.15) is 0 Å². The van der Waals surface area contributed by atoms with Gasteiger partial charge in [-0.05, 0) is 44.5 Å². The summed E-state index contributed by atoms with van der Waals surface area (Å²) in [6.07, 6.45) is 2.41. The molecule has 2 unspecified atom stereocenters. The molecule has 2 atom stereocenters. The Morgan fingerprint density at radius 3 is 2.80 bits per heavy atom. The molecule has 1 aromatic carbocycles. The van der Waals surface area contributed by atoms with Crippen LogP contribution in [0.5, 0.6) is 0 Å². The molecule has 0 bridgehead atoms. The molecule has 1 aliphatic rings. The van der Waals surface area contributed by atoms with E-state index >= 15 is 0 Å². The number of likely N-dealkylation sites (N-methyl/N-ethyl adjacent to an activating group) is 2. The zero-order valence-electron chi connectivity index (χ0n) is 13.1. The quantitative estimate of drug-likeness (QED) is 0.775. The Morgan fingerprint density at radius 2 is 2.10 bits per heavy atom. The zero-order chi connectivity index (χ0) is 14.4. The monoisotopic (exact) mass is 276 g/mol. The highest BCUT2D eigenvalue weighted by Gasteiger charge is 2.31. The average Bonchev–Trinajstić information content (AvgIpc) is 2.50. The minimum atomic E-state index is 0.432. The molecule has 0 saturated carbocycles. The molecule has 0 saturated heterocycles. The van der Waals surface area contributed by atoms with Crippen LogP contribution in [-0.2, 0) is 11.2 Å². The van der Waals surface area contributed by atoms with Crippen LogP contribution in [-0.4, -0.2) is 44.3 Å². The van der Waals surface area contributed by atoms with Crippen LogP contribution in [0.3, 0.4) is 0 Å². The minimum absolute atomic E-state index is 0.432. The van der Waals surface area contributed by atoms with Gasteiger partial charge in [-0.3, -0.25) is 4.90 Å². The summed E-state index contributed by atoms with van der Waals surface area (Å²) in [6, 6.07) is 9.85. The first-order chi connectivity index (χ1) is 9.81. The summed E-state index contributed by atoms with van der Waals surface area (Å²) in [5.41, 5.74) is 2.98. The van der Waals surface area contributed by atoms with Gasteiger partial charge in [0.25, 0.3) is 0 Å². The van der Waals surface area contributed by atoms with Gasteiger partial charge in [0.1, 0.15) is 0 Å². The number of hydrogen-bond acceptors (Lipinski definition) is 3. The van der Waals surface area contributed by atoms with Crippen molar-refractivity contribution in [2.45, 2.75) is 38.8 Å². The lowest BCUT2D eigenvalue weighted by atomic mass is 9.83. The standard InChI is InChI=1S/C17H28N2O/c1-4-19(12-13-20-5-2)16-11-10-14-8-6-7-9-15(14)17(16)18-3/h6-9,16-18H,4-5,10-13H2,1-3H3. The molecule has 0 aliphatic heterocycles. The molecular formula is C17H28N2O. The van der Waals surface area contributed by atoms with E-state index in [4.69, 9.17) is 4.74 Å².